The lowest BCUT2D eigenvalue weighted by atomic mass is 10.2. The number of nitrogens with zero attached hydrogens (tertiary/aromatic N) is 2. The molecule has 1 aromatic rings. The maximum atomic E-state index is 11.8. The van der Waals surface area contributed by atoms with Crippen molar-refractivity contribution in [2.75, 3.05) is 20.8 Å². The topological polar surface area (TPSA) is 73.3 Å². The largest absolute Gasteiger partial charge is 0.354 e. The zero-order chi connectivity index (χ0) is 12.7. The summed E-state index contributed by atoms with van der Waals surface area (Å²) in [5.74, 6) is -0.178. The van der Waals surface area contributed by atoms with Crippen molar-refractivity contribution in [3.8, 4) is 0 Å². The van der Waals surface area contributed by atoms with E-state index in [1.165, 1.54) is 14.2 Å². The zero-order valence-electron chi connectivity index (χ0n) is 10.2. The van der Waals surface area contributed by atoms with Gasteiger partial charge in [0, 0.05) is 14.2 Å². The maximum absolute atomic E-state index is 11.8. The van der Waals surface area contributed by atoms with E-state index in [0.29, 0.717) is 11.4 Å². The number of carbonyl (C=O) groups is 1. The predicted octanol–water partition coefficient (Wildman–Crippen LogP) is 0.839. The summed E-state index contributed by atoms with van der Waals surface area (Å²) in [5, 5.41) is 6.67. The van der Waals surface area contributed by atoms with Crippen LogP contribution in [0.4, 0.5) is 0 Å². The molecular formula is C10H17N3O3S. The van der Waals surface area contributed by atoms with Crippen molar-refractivity contribution in [3.05, 3.63) is 10.6 Å². The number of ether oxygens (including phenoxy) is 2. The third kappa shape index (κ3) is 4.03. The SMILES string of the molecule is CCCc1nnsc1C(=O)NCC(OC)OC. The summed E-state index contributed by atoms with van der Waals surface area (Å²) in [6.07, 6.45) is 1.26. The molecule has 0 atom stereocenters. The van der Waals surface area contributed by atoms with E-state index < -0.39 is 6.29 Å². The van der Waals surface area contributed by atoms with Crippen molar-refractivity contribution in [1.82, 2.24) is 14.9 Å². The summed E-state index contributed by atoms with van der Waals surface area (Å²) < 4.78 is 13.8. The number of hydrogen-bond acceptors (Lipinski definition) is 6. The lowest BCUT2D eigenvalue weighted by Gasteiger charge is -2.13. The van der Waals surface area contributed by atoms with Crippen LogP contribution < -0.4 is 5.32 Å². The van der Waals surface area contributed by atoms with Crippen LogP contribution in [-0.2, 0) is 15.9 Å². The summed E-state index contributed by atoms with van der Waals surface area (Å²) in [4.78, 5) is 12.4. The van der Waals surface area contributed by atoms with Crippen LogP contribution >= 0.6 is 11.5 Å². The van der Waals surface area contributed by atoms with E-state index in [-0.39, 0.29) is 5.91 Å². The lowest BCUT2D eigenvalue weighted by Crippen LogP contribution is -2.34. The van der Waals surface area contributed by atoms with Crippen LogP contribution in [0, 0.1) is 0 Å². The van der Waals surface area contributed by atoms with E-state index in [2.05, 4.69) is 14.9 Å². The van der Waals surface area contributed by atoms with Crippen molar-refractivity contribution in [3.63, 3.8) is 0 Å². The Labute approximate surface area is 104 Å². The first-order chi connectivity index (χ1) is 8.22. The number of carbonyl (C=O) groups excluding carboxylic acids is 1. The van der Waals surface area contributed by atoms with Crippen LogP contribution in [0.3, 0.4) is 0 Å². The second-order valence-electron chi connectivity index (χ2n) is 3.41. The molecule has 0 saturated carbocycles. The first-order valence-electron chi connectivity index (χ1n) is 5.37. The minimum atomic E-state index is -0.436. The Morgan fingerprint density at radius 1 is 1.47 bits per heavy atom. The Hall–Kier alpha value is -1.05. The van der Waals surface area contributed by atoms with E-state index in [1.54, 1.807) is 0 Å². The molecule has 0 spiro atoms. The highest BCUT2D eigenvalue weighted by atomic mass is 32.1. The number of aromatic nitrogens is 2. The normalized spacial score (nSPS) is 10.8. The fraction of sp³-hybridized carbons (Fsp3) is 0.700. The zero-order valence-corrected chi connectivity index (χ0v) is 11.0. The van der Waals surface area contributed by atoms with Gasteiger partial charge in [0.2, 0.25) is 0 Å². The molecule has 0 aliphatic rings. The van der Waals surface area contributed by atoms with E-state index in [9.17, 15) is 4.79 Å². The fourth-order valence-electron chi connectivity index (χ4n) is 1.30. The summed E-state index contributed by atoms with van der Waals surface area (Å²) in [5.41, 5.74) is 0.751. The first kappa shape index (κ1) is 14.0. The molecule has 1 rings (SSSR count). The smallest absolute Gasteiger partial charge is 0.265 e. The van der Waals surface area contributed by atoms with Gasteiger partial charge in [0.1, 0.15) is 4.88 Å². The van der Waals surface area contributed by atoms with Crippen molar-refractivity contribution in [2.24, 2.45) is 0 Å². The summed E-state index contributed by atoms with van der Waals surface area (Å²) in [7, 11) is 3.05. The highest BCUT2D eigenvalue weighted by Gasteiger charge is 2.16. The van der Waals surface area contributed by atoms with E-state index in [1.807, 2.05) is 6.92 Å². The van der Waals surface area contributed by atoms with Gasteiger partial charge >= 0.3 is 0 Å². The van der Waals surface area contributed by atoms with Crippen LogP contribution in [0.1, 0.15) is 28.7 Å². The van der Waals surface area contributed by atoms with Crippen LogP contribution in [0.5, 0.6) is 0 Å². The molecule has 1 heterocycles. The van der Waals surface area contributed by atoms with Gasteiger partial charge in [-0.2, -0.15) is 0 Å². The Kier molecular flexibility index (Phi) is 6.03. The average Bonchev–Trinajstić information content (AvgIpc) is 2.79. The van der Waals surface area contributed by atoms with Gasteiger partial charge in [-0.05, 0) is 18.0 Å². The molecule has 0 bridgehead atoms. The quantitative estimate of drug-likeness (QED) is 0.734. The molecule has 0 radical (unpaired) electrons. The van der Waals surface area contributed by atoms with Gasteiger partial charge in [-0.15, -0.1) is 5.10 Å². The van der Waals surface area contributed by atoms with Crippen molar-refractivity contribution >= 4 is 17.4 Å². The highest BCUT2D eigenvalue weighted by Crippen LogP contribution is 2.12. The molecule has 96 valence electrons. The molecule has 17 heavy (non-hydrogen) atoms. The van der Waals surface area contributed by atoms with Gasteiger partial charge in [-0.3, -0.25) is 4.79 Å². The monoisotopic (exact) mass is 259 g/mol. The van der Waals surface area contributed by atoms with Crippen molar-refractivity contribution < 1.29 is 14.3 Å². The Morgan fingerprint density at radius 2 is 2.18 bits per heavy atom. The molecule has 6 nitrogen and oxygen atoms in total. The van der Waals surface area contributed by atoms with Crippen LogP contribution in [-0.4, -0.2) is 42.5 Å². The van der Waals surface area contributed by atoms with Gasteiger partial charge in [-0.1, -0.05) is 17.8 Å². The fourth-order valence-corrected chi connectivity index (χ4v) is 1.93. The van der Waals surface area contributed by atoms with E-state index in [0.717, 1.165) is 30.1 Å². The minimum absolute atomic E-state index is 0.178. The second-order valence-corrected chi connectivity index (χ2v) is 4.16. The third-order valence-corrected chi connectivity index (χ3v) is 2.97. The number of amides is 1. The number of methoxy groups -OCH3 is 2. The van der Waals surface area contributed by atoms with Crippen LogP contribution in [0.2, 0.25) is 0 Å². The summed E-state index contributed by atoms with van der Waals surface area (Å²) in [6.45, 7) is 2.34. The first-order valence-corrected chi connectivity index (χ1v) is 6.15. The molecule has 1 amide bonds. The number of hydrogen-bond donors (Lipinski definition) is 1. The van der Waals surface area contributed by atoms with Crippen LogP contribution in [0.25, 0.3) is 0 Å². The molecule has 0 aliphatic heterocycles. The molecular weight excluding hydrogens is 242 g/mol. The van der Waals surface area contributed by atoms with Gasteiger partial charge in [0.05, 0.1) is 12.2 Å². The third-order valence-electron chi connectivity index (χ3n) is 2.20. The summed E-state index contributed by atoms with van der Waals surface area (Å²) >= 11 is 1.11. The van der Waals surface area contributed by atoms with Gasteiger partial charge in [-0.25, -0.2) is 0 Å². The number of nitrogens with one attached hydrogen (secondary N) is 1. The highest BCUT2D eigenvalue weighted by molar-refractivity contribution is 7.08. The standard InChI is InChI=1S/C10H17N3O3S/c1-4-5-7-9(17-13-12-7)10(14)11-6-8(15-2)16-3/h8H,4-6H2,1-3H3,(H,11,14). The molecule has 0 unspecified atom stereocenters. The number of aryl methyl sites for hydroxylation is 1. The van der Waals surface area contributed by atoms with Gasteiger partial charge in [0.15, 0.2) is 6.29 Å². The molecule has 1 aromatic heterocycles. The molecule has 0 fully saturated rings. The molecule has 0 aliphatic carbocycles. The maximum Gasteiger partial charge on any atom is 0.265 e. The van der Waals surface area contributed by atoms with Gasteiger partial charge < -0.3 is 14.8 Å². The molecule has 1 N–H and O–H groups in total. The lowest BCUT2D eigenvalue weighted by molar-refractivity contribution is -0.0974. The molecule has 0 saturated heterocycles. The van der Waals surface area contributed by atoms with E-state index >= 15 is 0 Å². The van der Waals surface area contributed by atoms with Crippen LogP contribution in [0.15, 0.2) is 0 Å². The predicted molar refractivity (Wildman–Crippen MR) is 64.0 cm³/mol. The Morgan fingerprint density at radius 3 is 2.76 bits per heavy atom. The Balaban J connectivity index is 2.54. The number of rotatable bonds is 7. The van der Waals surface area contributed by atoms with Crippen molar-refractivity contribution in [2.45, 2.75) is 26.1 Å². The summed E-state index contributed by atoms with van der Waals surface area (Å²) in [6, 6.07) is 0. The van der Waals surface area contributed by atoms with Crippen molar-refractivity contribution in [1.29, 1.82) is 0 Å². The molecule has 7 heteroatoms. The van der Waals surface area contributed by atoms with E-state index in [4.69, 9.17) is 9.47 Å². The Bertz CT molecular complexity index is 352. The molecule has 0 aromatic carbocycles. The average molecular weight is 259 g/mol. The van der Waals surface area contributed by atoms with Gasteiger partial charge in [0.25, 0.3) is 5.91 Å². The minimum Gasteiger partial charge on any atom is -0.354 e. The second kappa shape index (κ2) is 7.31.